The molecule has 3 aromatic rings. The average molecular weight is 297 g/mol. The lowest BCUT2D eigenvalue weighted by molar-refractivity contribution is 0.102. The number of anilines is 2. The molecule has 0 aliphatic carbocycles. The van der Waals surface area contributed by atoms with E-state index < -0.39 is 0 Å². The van der Waals surface area contributed by atoms with Gasteiger partial charge >= 0.3 is 0 Å². The second kappa shape index (κ2) is 5.68. The van der Waals surface area contributed by atoms with E-state index in [0.717, 1.165) is 10.6 Å². The predicted molar refractivity (Wildman–Crippen MR) is 81.9 cm³/mol. The molecule has 0 radical (unpaired) electrons. The van der Waals surface area contributed by atoms with Gasteiger partial charge in [-0.3, -0.25) is 15.1 Å². The monoisotopic (exact) mass is 297 g/mol. The maximum atomic E-state index is 12.0. The van der Waals surface area contributed by atoms with Crippen LogP contribution in [-0.2, 0) is 0 Å². The topological polar surface area (TPSA) is 93.8 Å². The molecule has 3 rings (SSSR count). The first-order chi connectivity index (χ1) is 10.2. The van der Waals surface area contributed by atoms with Crippen LogP contribution in [0.2, 0.25) is 0 Å². The summed E-state index contributed by atoms with van der Waals surface area (Å²) >= 11 is 1.30. The van der Waals surface area contributed by atoms with Crippen molar-refractivity contribution in [3.05, 3.63) is 54.4 Å². The summed E-state index contributed by atoms with van der Waals surface area (Å²) in [7, 11) is 0. The summed E-state index contributed by atoms with van der Waals surface area (Å²) in [6.07, 6.45) is 3.13. The molecule has 7 heteroatoms. The summed E-state index contributed by atoms with van der Waals surface area (Å²) in [5.74, 6) is -0.239. The van der Waals surface area contributed by atoms with Gasteiger partial charge in [-0.15, -0.1) is 10.2 Å². The van der Waals surface area contributed by atoms with E-state index in [1.165, 1.54) is 11.3 Å². The number of hydrogen-bond acceptors (Lipinski definition) is 6. The van der Waals surface area contributed by atoms with Crippen LogP contribution in [-0.4, -0.2) is 21.1 Å². The van der Waals surface area contributed by atoms with Crippen LogP contribution in [0.1, 0.15) is 10.4 Å². The van der Waals surface area contributed by atoms with E-state index in [4.69, 9.17) is 5.73 Å². The second-order valence-corrected chi connectivity index (χ2v) is 5.20. The van der Waals surface area contributed by atoms with Gasteiger partial charge in [0.1, 0.15) is 5.01 Å². The Hall–Kier alpha value is -2.80. The zero-order valence-electron chi connectivity index (χ0n) is 10.9. The molecular formula is C14H11N5OS. The van der Waals surface area contributed by atoms with Gasteiger partial charge in [0.05, 0.1) is 0 Å². The number of benzene rings is 1. The smallest absolute Gasteiger partial charge is 0.257 e. The van der Waals surface area contributed by atoms with Crippen molar-refractivity contribution in [2.75, 3.05) is 11.1 Å². The normalized spacial score (nSPS) is 10.3. The first kappa shape index (κ1) is 13.2. The predicted octanol–water partition coefficient (Wildman–Crippen LogP) is 2.43. The van der Waals surface area contributed by atoms with Crippen molar-refractivity contribution in [3.8, 4) is 10.6 Å². The summed E-state index contributed by atoms with van der Waals surface area (Å²) < 4.78 is 0. The van der Waals surface area contributed by atoms with Gasteiger partial charge in [0.25, 0.3) is 5.91 Å². The van der Waals surface area contributed by atoms with Crippen LogP contribution in [0.15, 0.2) is 48.8 Å². The third-order valence-corrected chi connectivity index (χ3v) is 3.63. The maximum Gasteiger partial charge on any atom is 0.257 e. The van der Waals surface area contributed by atoms with Gasteiger partial charge in [0.15, 0.2) is 0 Å². The lowest BCUT2D eigenvalue weighted by Crippen LogP contribution is -2.11. The zero-order valence-corrected chi connectivity index (χ0v) is 11.7. The number of aromatic nitrogens is 3. The molecule has 3 N–H and O–H groups in total. The minimum atomic E-state index is -0.239. The number of pyridine rings is 1. The van der Waals surface area contributed by atoms with Crippen LogP contribution in [0.4, 0.5) is 10.8 Å². The molecule has 2 heterocycles. The molecule has 0 atom stereocenters. The Morgan fingerprint density at radius 1 is 1.05 bits per heavy atom. The van der Waals surface area contributed by atoms with E-state index in [1.807, 2.05) is 12.1 Å². The fourth-order valence-corrected chi connectivity index (χ4v) is 2.43. The van der Waals surface area contributed by atoms with E-state index >= 15 is 0 Å². The Bertz CT molecular complexity index is 755. The lowest BCUT2D eigenvalue weighted by Gasteiger charge is -1.99. The van der Waals surface area contributed by atoms with Crippen LogP contribution in [0.25, 0.3) is 10.6 Å². The number of rotatable bonds is 3. The minimum Gasteiger partial charge on any atom is -0.399 e. The number of carbonyl (C=O) groups excluding carboxylic acids is 1. The van der Waals surface area contributed by atoms with Crippen LogP contribution >= 0.6 is 11.3 Å². The number of nitrogens with two attached hydrogens (primary N) is 1. The van der Waals surface area contributed by atoms with Gasteiger partial charge in [-0.05, 0) is 36.4 Å². The lowest BCUT2D eigenvalue weighted by atomic mass is 10.2. The fourth-order valence-electron chi connectivity index (χ4n) is 1.69. The van der Waals surface area contributed by atoms with Gasteiger partial charge in [-0.1, -0.05) is 11.3 Å². The molecule has 0 aliphatic rings. The maximum absolute atomic E-state index is 12.0. The highest BCUT2D eigenvalue weighted by Crippen LogP contribution is 2.27. The first-order valence-electron chi connectivity index (χ1n) is 6.13. The van der Waals surface area contributed by atoms with Crippen molar-refractivity contribution in [2.24, 2.45) is 0 Å². The van der Waals surface area contributed by atoms with Crippen molar-refractivity contribution in [3.63, 3.8) is 0 Å². The van der Waals surface area contributed by atoms with E-state index in [9.17, 15) is 4.79 Å². The molecule has 0 spiro atoms. The van der Waals surface area contributed by atoms with Gasteiger partial charge in [-0.2, -0.15) is 0 Å². The highest BCUT2D eigenvalue weighted by Gasteiger charge is 2.11. The summed E-state index contributed by atoms with van der Waals surface area (Å²) in [6.45, 7) is 0. The fraction of sp³-hybridized carbons (Fsp3) is 0. The molecule has 0 aliphatic heterocycles. The molecule has 0 saturated heterocycles. The van der Waals surface area contributed by atoms with E-state index in [1.54, 1.807) is 36.7 Å². The number of nitrogen functional groups attached to an aromatic ring is 1. The number of nitrogens with one attached hydrogen (secondary N) is 1. The molecule has 2 aromatic heterocycles. The van der Waals surface area contributed by atoms with E-state index in [0.29, 0.717) is 16.4 Å². The van der Waals surface area contributed by atoms with Gasteiger partial charge in [0.2, 0.25) is 5.13 Å². The number of hydrogen-bond donors (Lipinski definition) is 2. The molecule has 1 amide bonds. The minimum absolute atomic E-state index is 0.239. The first-order valence-corrected chi connectivity index (χ1v) is 6.95. The van der Waals surface area contributed by atoms with E-state index in [-0.39, 0.29) is 5.91 Å². The molecular weight excluding hydrogens is 286 g/mol. The molecule has 1 aromatic carbocycles. The Labute approximate surface area is 124 Å². The Kier molecular flexibility index (Phi) is 3.57. The largest absolute Gasteiger partial charge is 0.399 e. The van der Waals surface area contributed by atoms with Gasteiger partial charge in [0, 0.05) is 29.2 Å². The number of nitrogens with zero attached hydrogens (tertiary/aromatic N) is 3. The average Bonchev–Trinajstić information content (AvgIpc) is 2.97. The van der Waals surface area contributed by atoms with Crippen LogP contribution in [0.5, 0.6) is 0 Å². The molecule has 0 bridgehead atoms. The number of carbonyl (C=O) groups is 1. The molecule has 21 heavy (non-hydrogen) atoms. The van der Waals surface area contributed by atoms with Crippen molar-refractivity contribution < 1.29 is 4.79 Å². The van der Waals surface area contributed by atoms with Crippen LogP contribution in [0.3, 0.4) is 0 Å². The molecule has 0 fully saturated rings. The van der Waals surface area contributed by atoms with Crippen LogP contribution < -0.4 is 11.1 Å². The molecule has 0 unspecified atom stereocenters. The van der Waals surface area contributed by atoms with Crippen molar-refractivity contribution in [2.45, 2.75) is 0 Å². The van der Waals surface area contributed by atoms with Crippen molar-refractivity contribution in [1.29, 1.82) is 0 Å². The van der Waals surface area contributed by atoms with Crippen molar-refractivity contribution in [1.82, 2.24) is 15.2 Å². The molecule has 6 nitrogen and oxygen atoms in total. The Morgan fingerprint density at radius 3 is 2.48 bits per heavy atom. The van der Waals surface area contributed by atoms with Gasteiger partial charge in [-0.25, -0.2) is 0 Å². The summed E-state index contributed by atoms with van der Waals surface area (Å²) in [4.78, 5) is 15.9. The Morgan fingerprint density at radius 2 is 1.76 bits per heavy atom. The van der Waals surface area contributed by atoms with Gasteiger partial charge < -0.3 is 5.73 Å². The Balaban J connectivity index is 1.76. The van der Waals surface area contributed by atoms with Crippen molar-refractivity contribution >= 4 is 28.1 Å². The molecule has 104 valence electrons. The third kappa shape index (κ3) is 3.03. The summed E-state index contributed by atoms with van der Waals surface area (Å²) in [6, 6.07) is 10.6. The third-order valence-electron chi connectivity index (χ3n) is 2.75. The van der Waals surface area contributed by atoms with E-state index in [2.05, 4.69) is 20.5 Å². The highest BCUT2D eigenvalue weighted by atomic mass is 32.1. The summed E-state index contributed by atoms with van der Waals surface area (Å²) in [5, 5.41) is 11.9. The standard InChI is InChI=1S/C14H11N5OS/c15-11-3-1-10(2-4-11)13-18-19-14(21-13)17-12(20)9-5-7-16-8-6-9/h1-8H,15H2,(H,17,19,20). The van der Waals surface area contributed by atoms with Crippen LogP contribution in [0, 0.1) is 0 Å². The zero-order chi connectivity index (χ0) is 14.7. The summed E-state index contributed by atoms with van der Waals surface area (Å²) in [5.41, 5.74) is 7.77. The molecule has 0 saturated carbocycles. The number of amides is 1. The SMILES string of the molecule is Nc1ccc(-c2nnc(NC(=O)c3ccncc3)s2)cc1. The quantitative estimate of drug-likeness (QED) is 0.724. The second-order valence-electron chi connectivity index (χ2n) is 4.22. The highest BCUT2D eigenvalue weighted by molar-refractivity contribution is 7.18.